The number of hydrogen-bond donors (Lipinski definition) is 0. The maximum Gasteiger partial charge on any atom is 0.247 e. The van der Waals surface area contributed by atoms with Crippen LogP contribution in [0.15, 0.2) is 41.9 Å². The van der Waals surface area contributed by atoms with Crippen LogP contribution < -0.4 is 0 Å². The number of sulfone groups is 1. The zero-order valence-electron chi connectivity index (χ0n) is 17.5. The summed E-state index contributed by atoms with van der Waals surface area (Å²) in [6.07, 6.45) is 8.83. The highest BCUT2D eigenvalue weighted by Gasteiger charge is 2.27. The fourth-order valence-electron chi connectivity index (χ4n) is 4.41. The minimum Gasteiger partial charge on any atom is -0.339 e. The lowest BCUT2D eigenvalue weighted by atomic mass is 9.93. The van der Waals surface area contributed by atoms with Crippen LogP contribution >= 0.6 is 11.6 Å². The molecule has 8 heteroatoms. The van der Waals surface area contributed by atoms with Gasteiger partial charge < -0.3 is 9.47 Å². The van der Waals surface area contributed by atoms with Gasteiger partial charge in [-0.15, -0.1) is 0 Å². The predicted molar refractivity (Wildman–Crippen MR) is 122 cm³/mol. The van der Waals surface area contributed by atoms with E-state index in [1.807, 2.05) is 18.3 Å². The second-order valence-electron chi connectivity index (χ2n) is 8.35. The molecule has 6 nitrogen and oxygen atoms in total. The lowest BCUT2D eigenvalue weighted by molar-refractivity contribution is -0.127. The molecule has 2 aliphatic rings. The molecule has 166 valence electrons. The third kappa shape index (κ3) is 5.57. The summed E-state index contributed by atoms with van der Waals surface area (Å²) >= 11 is 5.85. The maximum atomic E-state index is 12.5. The standard InChI is InChI=1S/C23H28ClN3O3S/c24-20-6-4-18(5-7-20)10-15-31(29,30)16-11-23(28)26-13-8-19(9-14-26)21-17-25-22-3-1-2-12-27(21)22/h4-7,11,16-17,19H,1-3,8-10,12-15H2. The molecule has 3 heterocycles. The molecule has 1 aromatic heterocycles. The van der Waals surface area contributed by atoms with Gasteiger partial charge in [-0.25, -0.2) is 13.4 Å². The third-order valence-electron chi connectivity index (χ3n) is 6.23. The normalized spacial score (nSPS) is 17.8. The summed E-state index contributed by atoms with van der Waals surface area (Å²) in [5.41, 5.74) is 2.19. The molecular formula is C23H28ClN3O3S. The topological polar surface area (TPSA) is 72.3 Å². The van der Waals surface area contributed by atoms with E-state index in [4.69, 9.17) is 11.6 Å². The van der Waals surface area contributed by atoms with Crippen LogP contribution in [0.5, 0.6) is 0 Å². The molecule has 4 rings (SSSR count). The van der Waals surface area contributed by atoms with Gasteiger partial charge in [-0.05, 0) is 49.8 Å². The van der Waals surface area contributed by atoms with E-state index >= 15 is 0 Å². The number of aromatic nitrogens is 2. The minimum atomic E-state index is -3.45. The molecule has 0 unspecified atom stereocenters. The Morgan fingerprint density at radius 1 is 1.13 bits per heavy atom. The number of halogens is 1. The van der Waals surface area contributed by atoms with Gasteiger partial charge in [0.15, 0.2) is 9.84 Å². The number of hydrogen-bond acceptors (Lipinski definition) is 4. The highest BCUT2D eigenvalue weighted by Crippen LogP contribution is 2.30. The van der Waals surface area contributed by atoms with Crippen molar-refractivity contribution in [2.24, 2.45) is 0 Å². The first-order valence-electron chi connectivity index (χ1n) is 10.9. The van der Waals surface area contributed by atoms with Crippen molar-refractivity contribution in [3.8, 4) is 0 Å². The van der Waals surface area contributed by atoms with E-state index in [0.29, 0.717) is 30.5 Å². The average Bonchev–Trinajstić information content (AvgIpc) is 3.21. The lowest BCUT2D eigenvalue weighted by Crippen LogP contribution is -2.37. The van der Waals surface area contributed by atoms with E-state index in [-0.39, 0.29) is 11.7 Å². The number of amides is 1. The number of likely N-dealkylation sites (tertiary alicyclic amines) is 1. The Hall–Kier alpha value is -2.12. The van der Waals surface area contributed by atoms with E-state index in [2.05, 4.69) is 9.55 Å². The molecule has 2 aliphatic heterocycles. The number of aryl methyl sites for hydroxylation is 2. The van der Waals surface area contributed by atoms with E-state index in [0.717, 1.165) is 36.8 Å². The van der Waals surface area contributed by atoms with Crippen LogP contribution in [0.4, 0.5) is 0 Å². The van der Waals surface area contributed by atoms with E-state index in [9.17, 15) is 13.2 Å². The van der Waals surface area contributed by atoms with E-state index in [1.165, 1.54) is 30.4 Å². The van der Waals surface area contributed by atoms with Gasteiger partial charge in [-0.3, -0.25) is 4.79 Å². The minimum absolute atomic E-state index is 0.0349. The molecule has 0 atom stereocenters. The van der Waals surface area contributed by atoms with Crippen LogP contribution in [-0.4, -0.2) is 47.6 Å². The average molecular weight is 462 g/mol. The second-order valence-corrected chi connectivity index (χ2v) is 10.8. The number of nitrogens with zero attached hydrogens (tertiary/aromatic N) is 3. The molecule has 1 aromatic carbocycles. The number of fused-ring (bicyclic) bond motifs is 1. The Bertz CT molecular complexity index is 1050. The third-order valence-corrected chi connectivity index (χ3v) is 7.81. The van der Waals surface area contributed by atoms with Gasteiger partial charge in [0.1, 0.15) is 5.82 Å². The molecule has 1 saturated heterocycles. The Morgan fingerprint density at radius 2 is 1.87 bits per heavy atom. The quantitative estimate of drug-likeness (QED) is 0.614. The highest BCUT2D eigenvalue weighted by atomic mass is 35.5. The van der Waals surface area contributed by atoms with Crippen molar-refractivity contribution in [3.05, 3.63) is 64.1 Å². The number of carbonyl (C=O) groups is 1. The van der Waals surface area contributed by atoms with Gasteiger partial charge in [0.25, 0.3) is 0 Å². The number of piperidine rings is 1. The molecule has 1 fully saturated rings. The summed E-state index contributed by atoms with van der Waals surface area (Å²) in [7, 11) is -3.45. The van der Waals surface area contributed by atoms with E-state index < -0.39 is 9.84 Å². The summed E-state index contributed by atoms with van der Waals surface area (Å²) in [6.45, 7) is 2.32. The summed E-state index contributed by atoms with van der Waals surface area (Å²) in [5.74, 6) is 1.33. The Kier molecular flexibility index (Phi) is 6.82. The van der Waals surface area contributed by atoms with Gasteiger partial charge in [0.05, 0.1) is 5.75 Å². The zero-order valence-corrected chi connectivity index (χ0v) is 19.1. The van der Waals surface area contributed by atoms with Crippen molar-refractivity contribution < 1.29 is 13.2 Å². The van der Waals surface area contributed by atoms with Gasteiger partial charge in [0.2, 0.25) is 5.91 Å². The van der Waals surface area contributed by atoms with Crippen molar-refractivity contribution in [1.82, 2.24) is 14.5 Å². The van der Waals surface area contributed by atoms with Crippen LogP contribution in [0.3, 0.4) is 0 Å². The molecule has 1 amide bonds. The highest BCUT2D eigenvalue weighted by molar-refractivity contribution is 7.94. The van der Waals surface area contributed by atoms with Crippen molar-refractivity contribution in [1.29, 1.82) is 0 Å². The molecule has 2 aromatic rings. The Labute approximate surface area is 188 Å². The monoisotopic (exact) mass is 461 g/mol. The van der Waals surface area contributed by atoms with Crippen LogP contribution in [0.2, 0.25) is 5.02 Å². The van der Waals surface area contributed by atoms with Gasteiger partial charge in [-0.2, -0.15) is 0 Å². The summed E-state index contributed by atoms with van der Waals surface area (Å²) < 4.78 is 27.0. The number of imidazole rings is 1. The molecular weight excluding hydrogens is 434 g/mol. The van der Waals surface area contributed by atoms with E-state index in [1.54, 1.807) is 17.0 Å². The SMILES string of the molecule is O=C(C=CS(=O)(=O)CCc1ccc(Cl)cc1)N1CCC(c2cnc3n2CCCC3)CC1. The molecule has 0 N–H and O–H groups in total. The first-order valence-corrected chi connectivity index (χ1v) is 13.0. The van der Waals surface area contributed by atoms with Crippen LogP contribution in [0.25, 0.3) is 0 Å². The first kappa shape index (κ1) is 22.1. The largest absolute Gasteiger partial charge is 0.339 e. The molecule has 0 saturated carbocycles. The first-order chi connectivity index (χ1) is 14.9. The summed E-state index contributed by atoms with van der Waals surface area (Å²) in [4.78, 5) is 18.9. The maximum absolute atomic E-state index is 12.5. The van der Waals surface area contributed by atoms with Crippen LogP contribution in [0.1, 0.15) is 48.7 Å². The predicted octanol–water partition coefficient (Wildman–Crippen LogP) is 3.75. The number of benzene rings is 1. The van der Waals surface area contributed by atoms with Gasteiger partial charge >= 0.3 is 0 Å². The van der Waals surface area contributed by atoms with Crippen molar-refractivity contribution in [3.63, 3.8) is 0 Å². The molecule has 0 radical (unpaired) electrons. The molecule has 31 heavy (non-hydrogen) atoms. The Morgan fingerprint density at radius 3 is 2.61 bits per heavy atom. The fraction of sp³-hybridized carbons (Fsp3) is 0.478. The van der Waals surface area contributed by atoms with Gasteiger partial charge in [-0.1, -0.05) is 23.7 Å². The summed E-state index contributed by atoms with van der Waals surface area (Å²) in [6, 6.07) is 7.11. The smallest absolute Gasteiger partial charge is 0.247 e. The van der Waals surface area contributed by atoms with Crippen molar-refractivity contribution in [2.75, 3.05) is 18.8 Å². The van der Waals surface area contributed by atoms with Crippen LogP contribution in [-0.2, 0) is 34.0 Å². The molecule has 0 bridgehead atoms. The second kappa shape index (κ2) is 9.57. The van der Waals surface area contributed by atoms with Crippen molar-refractivity contribution >= 4 is 27.3 Å². The Balaban J connectivity index is 1.28. The summed E-state index contributed by atoms with van der Waals surface area (Å²) in [5, 5.41) is 1.68. The number of carbonyl (C=O) groups excluding carboxylic acids is 1. The van der Waals surface area contributed by atoms with Gasteiger partial charge in [0, 0.05) is 60.4 Å². The molecule has 0 aliphatic carbocycles. The zero-order chi connectivity index (χ0) is 21.8. The number of rotatable bonds is 6. The van der Waals surface area contributed by atoms with Crippen molar-refractivity contribution in [2.45, 2.75) is 51.0 Å². The lowest BCUT2D eigenvalue weighted by Gasteiger charge is -2.32. The van der Waals surface area contributed by atoms with Crippen LogP contribution in [0, 0.1) is 0 Å². The molecule has 0 spiro atoms. The fourth-order valence-corrected chi connectivity index (χ4v) is 5.51.